The van der Waals surface area contributed by atoms with Crippen LogP contribution in [0.4, 0.5) is 0 Å². The molecule has 2 rings (SSSR count). The number of hydrogen-bond acceptors (Lipinski definition) is 7. The Bertz CT molecular complexity index is 592. The highest BCUT2D eigenvalue weighted by molar-refractivity contribution is 5.95. The lowest BCUT2D eigenvalue weighted by Crippen LogP contribution is -2.16. The largest absolute Gasteiger partial charge is 0.409 e. The van der Waals surface area contributed by atoms with Crippen molar-refractivity contribution in [3.63, 3.8) is 0 Å². The topological polar surface area (TPSA) is 124 Å². The molecule has 2 aromatic rings. The fourth-order valence-corrected chi connectivity index (χ4v) is 1.22. The van der Waals surface area contributed by atoms with Gasteiger partial charge in [-0.2, -0.15) is 9.97 Å². The maximum absolute atomic E-state index is 8.60. The summed E-state index contributed by atoms with van der Waals surface area (Å²) in [5.41, 5.74) is 6.32. The van der Waals surface area contributed by atoms with E-state index in [0.717, 1.165) is 0 Å². The Balaban J connectivity index is 2.31. The Morgan fingerprint density at radius 3 is 2.83 bits per heavy atom. The molecule has 0 fully saturated rings. The Hall–Kier alpha value is -2.71. The third kappa shape index (κ3) is 2.51. The molecule has 18 heavy (non-hydrogen) atoms. The van der Waals surface area contributed by atoms with Gasteiger partial charge in [0.25, 0.3) is 0 Å². The zero-order valence-corrected chi connectivity index (χ0v) is 9.77. The Morgan fingerprint density at radius 1 is 1.44 bits per heavy atom. The molecule has 0 saturated heterocycles. The standard InChI is InChI=1S/C9H11N7O2/c1-5-3-6(7(10)15-17)13-9(12-5)18-8-11-4-16(2)14-8/h3-4,17H,1-2H3,(H2,10,15). The van der Waals surface area contributed by atoms with Gasteiger partial charge in [0, 0.05) is 12.7 Å². The van der Waals surface area contributed by atoms with Gasteiger partial charge in [0.15, 0.2) is 5.84 Å². The molecule has 0 aliphatic carbocycles. The van der Waals surface area contributed by atoms with Crippen molar-refractivity contribution in [1.29, 1.82) is 0 Å². The lowest BCUT2D eigenvalue weighted by Gasteiger charge is -2.03. The van der Waals surface area contributed by atoms with E-state index in [4.69, 9.17) is 15.7 Å². The van der Waals surface area contributed by atoms with Gasteiger partial charge < -0.3 is 15.7 Å². The number of aromatic nitrogens is 5. The molecular formula is C9H11N7O2. The minimum atomic E-state index is -0.126. The van der Waals surface area contributed by atoms with E-state index < -0.39 is 0 Å². The van der Waals surface area contributed by atoms with E-state index >= 15 is 0 Å². The van der Waals surface area contributed by atoms with E-state index in [-0.39, 0.29) is 23.6 Å². The molecule has 0 bridgehead atoms. The van der Waals surface area contributed by atoms with Crippen molar-refractivity contribution in [3.05, 3.63) is 23.8 Å². The molecule has 0 aliphatic heterocycles. The molecule has 0 amide bonds. The first-order valence-corrected chi connectivity index (χ1v) is 4.95. The summed E-state index contributed by atoms with van der Waals surface area (Å²) in [5, 5.41) is 15.4. The molecule has 0 saturated carbocycles. The minimum Gasteiger partial charge on any atom is -0.409 e. The molecule has 9 nitrogen and oxygen atoms in total. The second kappa shape index (κ2) is 4.65. The normalized spacial score (nSPS) is 11.6. The first-order valence-electron chi connectivity index (χ1n) is 4.95. The molecule has 3 N–H and O–H groups in total. The first kappa shape index (κ1) is 11.8. The molecule has 0 unspecified atom stereocenters. The number of hydrogen-bond donors (Lipinski definition) is 2. The van der Waals surface area contributed by atoms with Gasteiger partial charge in [-0.15, -0.1) is 5.10 Å². The number of rotatable bonds is 3. The van der Waals surface area contributed by atoms with Crippen molar-refractivity contribution in [2.75, 3.05) is 0 Å². The summed E-state index contributed by atoms with van der Waals surface area (Å²) in [6.45, 7) is 1.73. The van der Waals surface area contributed by atoms with Gasteiger partial charge in [-0.3, -0.25) is 4.68 Å². The highest BCUT2D eigenvalue weighted by atomic mass is 16.5. The van der Waals surface area contributed by atoms with Crippen LogP contribution in [-0.4, -0.2) is 35.8 Å². The van der Waals surface area contributed by atoms with Crippen molar-refractivity contribution < 1.29 is 9.94 Å². The summed E-state index contributed by atoms with van der Waals surface area (Å²) < 4.78 is 6.74. The Labute approximate surface area is 102 Å². The van der Waals surface area contributed by atoms with Gasteiger partial charge in [0.05, 0.1) is 0 Å². The lowest BCUT2D eigenvalue weighted by atomic mass is 10.3. The first-order chi connectivity index (χ1) is 8.58. The molecule has 9 heteroatoms. The van der Waals surface area contributed by atoms with Gasteiger partial charge in [-0.25, -0.2) is 4.98 Å². The molecule has 2 aromatic heterocycles. The molecule has 0 aromatic carbocycles. The number of ether oxygens (including phenoxy) is 1. The molecule has 94 valence electrons. The molecule has 0 aliphatic rings. The van der Waals surface area contributed by atoms with E-state index in [9.17, 15) is 0 Å². The molecule has 2 heterocycles. The van der Waals surface area contributed by atoms with Crippen LogP contribution in [0.25, 0.3) is 0 Å². The van der Waals surface area contributed by atoms with E-state index in [0.29, 0.717) is 5.69 Å². The van der Waals surface area contributed by atoms with Crippen molar-refractivity contribution >= 4 is 5.84 Å². The van der Waals surface area contributed by atoms with Crippen molar-refractivity contribution in [2.45, 2.75) is 6.92 Å². The van der Waals surface area contributed by atoms with Crippen molar-refractivity contribution in [3.8, 4) is 12.0 Å². The fraction of sp³-hybridized carbons (Fsp3) is 0.222. The fourth-order valence-electron chi connectivity index (χ4n) is 1.22. The number of aryl methyl sites for hydroxylation is 2. The average molecular weight is 249 g/mol. The summed E-state index contributed by atoms with van der Waals surface area (Å²) in [4.78, 5) is 11.9. The third-order valence-electron chi connectivity index (χ3n) is 1.97. The van der Waals surface area contributed by atoms with Crippen LogP contribution < -0.4 is 10.5 Å². The maximum Gasteiger partial charge on any atom is 0.343 e. The van der Waals surface area contributed by atoms with Crippen LogP contribution in [0.3, 0.4) is 0 Å². The van der Waals surface area contributed by atoms with E-state index in [2.05, 4.69) is 25.2 Å². The number of amidine groups is 1. The summed E-state index contributed by atoms with van der Waals surface area (Å²) in [6.07, 6.45) is 1.48. The molecule has 0 atom stereocenters. The highest BCUT2D eigenvalue weighted by Gasteiger charge is 2.10. The second-order valence-electron chi connectivity index (χ2n) is 3.47. The van der Waals surface area contributed by atoms with E-state index in [1.54, 1.807) is 20.0 Å². The Kier molecular flexibility index (Phi) is 3.04. The number of oxime groups is 1. The summed E-state index contributed by atoms with van der Waals surface area (Å²) >= 11 is 0. The number of nitrogens with zero attached hydrogens (tertiary/aromatic N) is 6. The SMILES string of the molecule is Cc1cc(/C(N)=N/O)nc(Oc2ncn(C)n2)n1. The zero-order chi connectivity index (χ0) is 13.1. The van der Waals surface area contributed by atoms with Gasteiger partial charge in [-0.1, -0.05) is 5.16 Å². The monoisotopic (exact) mass is 249 g/mol. The van der Waals surface area contributed by atoms with Gasteiger partial charge in [-0.05, 0) is 13.0 Å². The summed E-state index contributed by atoms with van der Waals surface area (Å²) in [5.74, 6) is -0.126. The van der Waals surface area contributed by atoms with Crippen LogP contribution in [0, 0.1) is 6.92 Å². The van der Waals surface area contributed by atoms with Crippen LogP contribution in [0.1, 0.15) is 11.4 Å². The van der Waals surface area contributed by atoms with Crippen LogP contribution in [0.15, 0.2) is 17.5 Å². The van der Waals surface area contributed by atoms with Crippen molar-refractivity contribution in [1.82, 2.24) is 24.7 Å². The van der Waals surface area contributed by atoms with Crippen LogP contribution in [-0.2, 0) is 7.05 Å². The summed E-state index contributed by atoms with van der Waals surface area (Å²) in [7, 11) is 1.71. The lowest BCUT2D eigenvalue weighted by molar-refractivity contribution is 0.318. The van der Waals surface area contributed by atoms with Gasteiger partial charge >= 0.3 is 12.0 Å². The smallest absolute Gasteiger partial charge is 0.343 e. The predicted molar refractivity (Wildman–Crippen MR) is 60.4 cm³/mol. The van der Waals surface area contributed by atoms with Crippen molar-refractivity contribution in [2.24, 2.45) is 17.9 Å². The third-order valence-corrected chi connectivity index (χ3v) is 1.97. The van der Waals surface area contributed by atoms with E-state index in [1.165, 1.54) is 11.0 Å². The van der Waals surface area contributed by atoms with Gasteiger partial charge in [0.2, 0.25) is 0 Å². The highest BCUT2D eigenvalue weighted by Crippen LogP contribution is 2.13. The average Bonchev–Trinajstić information content (AvgIpc) is 2.73. The molecular weight excluding hydrogens is 238 g/mol. The van der Waals surface area contributed by atoms with Crippen LogP contribution >= 0.6 is 0 Å². The molecule has 0 spiro atoms. The quantitative estimate of drug-likeness (QED) is 0.334. The number of nitrogens with two attached hydrogens (primary N) is 1. The van der Waals surface area contributed by atoms with E-state index in [1.807, 2.05) is 0 Å². The van der Waals surface area contributed by atoms with Crippen LogP contribution in [0.2, 0.25) is 0 Å². The minimum absolute atomic E-state index is 0.0304. The maximum atomic E-state index is 8.60. The molecule has 0 radical (unpaired) electrons. The second-order valence-corrected chi connectivity index (χ2v) is 3.47. The predicted octanol–water partition coefficient (Wildman–Crippen LogP) is -0.200. The Morgan fingerprint density at radius 2 is 2.22 bits per heavy atom. The van der Waals surface area contributed by atoms with Crippen LogP contribution in [0.5, 0.6) is 12.0 Å². The van der Waals surface area contributed by atoms with Gasteiger partial charge in [0.1, 0.15) is 12.0 Å². The summed E-state index contributed by atoms with van der Waals surface area (Å²) in [6, 6.07) is 1.71. The zero-order valence-electron chi connectivity index (χ0n) is 9.77.